The van der Waals surface area contributed by atoms with Crippen molar-refractivity contribution >= 4 is 16.9 Å². The summed E-state index contributed by atoms with van der Waals surface area (Å²) in [5.41, 5.74) is 0.859. The molecule has 1 atom stereocenters. The first-order chi connectivity index (χ1) is 16.6. The van der Waals surface area contributed by atoms with Gasteiger partial charge in [-0.1, -0.05) is 12.1 Å². The fourth-order valence-electron chi connectivity index (χ4n) is 4.15. The maximum atomic E-state index is 13.3. The van der Waals surface area contributed by atoms with Crippen molar-refractivity contribution in [1.82, 2.24) is 5.32 Å². The molecule has 2 aromatic carbocycles. The van der Waals surface area contributed by atoms with Crippen molar-refractivity contribution in [2.24, 2.45) is 0 Å². The molecule has 0 saturated heterocycles. The van der Waals surface area contributed by atoms with E-state index < -0.39 is 5.92 Å². The van der Waals surface area contributed by atoms with Crippen LogP contribution in [0.25, 0.3) is 11.0 Å². The fourth-order valence-corrected chi connectivity index (χ4v) is 4.15. The molecule has 8 nitrogen and oxygen atoms in total. The third-order valence-corrected chi connectivity index (χ3v) is 5.87. The highest BCUT2D eigenvalue weighted by Crippen LogP contribution is 2.42. The van der Waals surface area contributed by atoms with Crippen LogP contribution in [-0.2, 0) is 11.2 Å². The van der Waals surface area contributed by atoms with Crippen LogP contribution in [-0.4, -0.2) is 24.4 Å². The van der Waals surface area contributed by atoms with E-state index in [9.17, 15) is 14.7 Å². The topological polar surface area (TPSA) is 111 Å². The highest BCUT2D eigenvalue weighted by atomic mass is 16.7. The summed E-state index contributed by atoms with van der Waals surface area (Å²) >= 11 is 0. The first-order valence-electron chi connectivity index (χ1n) is 11.0. The molecular formula is C26H23NO7. The number of para-hydroxylation sites is 1. The van der Waals surface area contributed by atoms with Gasteiger partial charge in [0.25, 0.3) is 0 Å². The summed E-state index contributed by atoms with van der Waals surface area (Å²) in [5, 5.41) is 14.0. The maximum absolute atomic E-state index is 13.3. The van der Waals surface area contributed by atoms with Gasteiger partial charge in [0, 0.05) is 42.5 Å². The number of rotatable bonds is 8. The zero-order chi connectivity index (χ0) is 23.5. The van der Waals surface area contributed by atoms with E-state index in [1.807, 2.05) is 12.1 Å². The van der Waals surface area contributed by atoms with Crippen molar-refractivity contribution in [3.8, 4) is 17.2 Å². The number of benzene rings is 2. The second-order valence-corrected chi connectivity index (χ2v) is 8.07. The number of nitrogens with one attached hydrogen (secondary N) is 1. The van der Waals surface area contributed by atoms with Crippen LogP contribution in [0.5, 0.6) is 17.2 Å². The largest absolute Gasteiger partial charge is 0.508 e. The van der Waals surface area contributed by atoms with Gasteiger partial charge in [0.2, 0.25) is 12.7 Å². The Hall–Kier alpha value is -4.20. The Balaban J connectivity index is 1.43. The quantitative estimate of drug-likeness (QED) is 0.380. The summed E-state index contributed by atoms with van der Waals surface area (Å²) in [6.45, 7) is 0.489. The number of phenolic OH excluding ortho intramolecular Hbond substituents is 1. The van der Waals surface area contributed by atoms with Gasteiger partial charge in [-0.2, -0.15) is 0 Å². The van der Waals surface area contributed by atoms with Crippen LogP contribution in [0.15, 0.2) is 74.7 Å². The smallest absolute Gasteiger partial charge is 0.231 e. The normalized spacial score (nSPS) is 13.2. The average molecular weight is 461 g/mol. The molecule has 174 valence electrons. The van der Waals surface area contributed by atoms with Crippen LogP contribution in [0, 0.1) is 0 Å². The minimum absolute atomic E-state index is 0.0389. The number of aryl methyl sites for hydroxylation is 1. The number of amides is 1. The van der Waals surface area contributed by atoms with Crippen molar-refractivity contribution in [2.75, 3.05) is 13.3 Å². The molecule has 0 aliphatic carbocycles. The third kappa shape index (κ3) is 4.34. The lowest BCUT2D eigenvalue weighted by Crippen LogP contribution is -2.28. The average Bonchev–Trinajstić information content (AvgIpc) is 3.52. The third-order valence-electron chi connectivity index (χ3n) is 5.87. The van der Waals surface area contributed by atoms with E-state index in [1.165, 1.54) is 12.3 Å². The summed E-state index contributed by atoms with van der Waals surface area (Å²) in [7, 11) is 0. The lowest BCUT2D eigenvalue weighted by atomic mass is 9.87. The van der Waals surface area contributed by atoms with E-state index in [4.69, 9.17) is 18.3 Å². The van der Waals surface area contributed by atoms with Gasteiger partial charge in [0.05, 0.1) is 17.9 Å². The van der Waals surface area contributed by atoms with Gasteiger partial charge in [-0.25, -0.2) is 0 Å². The lowest BCUT2D eigenvalue weighted by molar-refractivity contribution is -0.121. The van der Waals surface area contributed by atoms with Gasteiger partial charge in [-0.15, -0.1) is 0 Å². The van der Waals surface area contributed by atoms with Gasteiger partial charge < -0.3 is 28.7 Å². The number of carbonyl (C=O) groups excluding carboxylic acids is 1. The second kappa shape index (κ2) is 9.35. The van der Waals surface area contributed by atoms with Gasteiger partial charge in [0.1, 0.15) is 17.1 Å². The molecule has 4 aromatic rings. The number of aromatic hydroxyl groups is 1. The number of phenols is 1. The van der Waals surface area contributed by atoms with Crippen LogP contribution in [0.1, 0.15) is 35.6 Å². The van der Waals surface area contributed by atoms with E-state index >= 15 is 0 Å². The highest BCUT2D eigenvalue weighted by Gasteiger charge is 2.28. The molecule has 2 aromatic heterocycles. The summed E-state index contributed by atoms with van der Waals surface area (Å²) in [4.78, 5) is 26.2. The molecule has 0 spiro atoms. The first-order valence-corrected chi connectivity index (χ1v) is 11.0. The van der Waals surface area contributed by atoms with Gasteiger partial charge in [-0.3, -0.25) is 9.59 Å². The van der Waals surface area contributed by atoms with Crippen molar-refractivity contribution in [3.05, 3.63) is 88.2 Å². The van der Waals surface area contributed by atoms with Crippen LogP contribution in [0.3, 0.4) is 0 Å². The van der Waals surface area contributed by atoms with E-state index in [2.05, 4.69) is 5.32 Å². The Bertz CT molecular complexity index is 1370. The number of carbonyl (C=O) groups is 1. The predicted octanol–water partition coefficient (Wildman–Crippen LogP) is 4.09. The summed E-state index contributed by atoms with van der Waals surface area (Å²) in [6, 6.07) is 13.7. The zero-order valence-electron chi connectivity index (χ0n) is 18.3. The molecule has 1 aliphatic heterocycles. The molecular weight excluding hydrogens is 438 g/mol. The minimum Gasteiger partial charge on any atom is -0.508 e. The van der Waals surface area contributed by atoms with Crippen molar-refractivity contribution in [3.63, 3.8) is 0 Å². The minimum atomic E-state index is -0.750. The Morgan fingerprint density at radius 3 is 2.68 bits per heavy atom. The molecule has 0 unspecified atom stereocenters. The molecule has 8 heteroatoms. The number of fused-ring (bicyclic) bond motifs is 2. The van der Waals surface area contributed by atoms with Crippen molar-refractivity contribution in [2.45, 2.75) is 25.2 Å². The predicted molar refractivity (Wildman–Crippen MR) is 123 cm³/mol. The van der Waals surface area contributed by atoms with E-state index in [0.717, 1.165) is 5.76 Å². The zero-order valence-corrected chi connectivity index (χ0v) is 18.3. The van der Waals surface area contributed by atoms with E-state index in [1.54, 1.807) is 36.6 Å². The standard InChI is InChI=1S/C26H23NO7/c28-21-13-24-23(33-15-34-24)11-19(21)18(12-25(29)27-9-3-5-16-6-4-10-31-16)20-14-32-22-8-2-1-7-17(22)26(20)30/h1-2,4,6-8,10-11,13-14,18,28H,3,5,9,12,15H2,(H,27,29)/t18-/m0/s1. The summed E-state index contributed by atoms with van der Waals surface area (Å²) in [6.07, 6.45) is 4.33. The molecule has 1 amide bonds. The van der Waals surface area contributed by atoms with Gasteiger partial charge in [0.15, 0.2) is 16.9 Å². The van der Waals surface area contributed by atoms with E-state index in [-0.39, 0.29) is 35.9 Å². The Morgan fingerprint density at radius 2 is 1.85 bits per heavy atom. The molecule has 5 rings (SSSR count). The maximum Gasteiger partial charge on any atom is 0.231 e. The number of hydrogen-bond donors (Lipinski definition) is 2. The van der Waals surface area contributed by atoms with Crippen LogP contribution >= 0.6 is 0 Å². The Kier molecular flexibility index (Phi) is 5.95. The highest BCUT2D eigenvalue weighted by molar-refractivity contribution is 5.80. The number of ether oxygens (including phenoxy) is 2. The van der Waals surface area contributed by atoms with Crippen LogP contribution in [0.4, 0.5) is 0 Å². The molecule has 0 radical (unpaired) electrons. The molecule has 0 bridgehead atoms. The fraction of sp³-hybridized carbons (Fsp3) is 0.231. The van der Waals surface area contributed by atoms with Gasteiger partial charge >= 0.3 is 0 Å². The summed E-state index contributed by atoms with van der Waals surface area (Å²) in [5.74, 6) is 0.614. The van der Waals surface area contributed by atoms with Gasteiger partial charge in [-0.05, 0) is 36.8 Å². The monoisotopic (exact) mass is 461 g/mol. The van der Waals surface area contributed by atoms with Crippen molar-refractivity contribution in [1.29, 1.82) is 0 Å². The molecule has 0 fully saturated rings. The van der Waals surface area contributed by atoms with Crippen molar-refractivity contribution < 1.29 is 28.2 Å². The second-order valence-electron chi connectivity index (χ2n) is 8.07. The Morgan fingerprint density at radius 1 is 1.03 bits per heavy atom. The van der Waals surface area contributed by atoms with Crippen LogP contribution < -0.4 is 20.2 Å². The first kappa shape index (κ1) is 21.6. The molecule has 3 heterocycles. The molecule has 0 saturated carbocycles. The molecule has 2 N–H and O–H groups in total. The van der Waals surface area contributed by atoms with E-state index in [0.29, 0.717) is 47.4 Å². The summed E-state index contributed by atoms with van der Waals surface area (Å²) < 4.78 is 21.8. The number of furan rings is 1. The van der Waals surface area contributed by atoms with Crippen LogP contribution in [0.2, 0.25) is 0 Å². The molecule has 34 heavy (non-hydrogen) atoms. The molecule has 1 aliphatic rings. The Labute approximate surface area is 194 Å². The SMILES string of the molecule is O=C(C[C@@H](c1cc2c(cc1O)OCO2)c1coc2ccccc2c1=O)NCCCc1ccco1. The lowest BCUT2D eigenvalue weighted by Gasteiger charge is -2.19. The number of hydrogen-bond acceptors (Lipinski definition) is 7.